The van der Waals surface area contributed by atoms with Crippen molar-refractivity contribution < 1.29 is 23.7 Å². The van der Waals surface area contributed by atoms with E-state index in [1.165, 1.54) is 13.3 Å². The van der Waals surface area contributed by atoms with Crippen LogP contribution in [0.4, 0.5) is 0 Å². The number of hydrogen-bond donors (Lipinski definition) is 1. The van der Waals surface area contributed by atoms with Gasteiger partial charge in [-0.05, 0) is 53.5 Å². The predicted octanol–water partition coefficient (Wildman–Crippen LogP) is 3.66. The first-order chi connectivity index (χ1) is 15.9. The van der Waals surface area contributed by atoms with Crippen LogP contribution in [0.5, 0.6) is 17.4 Å². The van der Waals surface area contributed by atoms with E-state index in [4.69, 9.17) is 18.9 Å². The van der Waals surface area contributed by atoms with Crippen molar-refractivity contribution in [1.82, 2.24) is 10.4 Å². The zero-order chi connectivity index (χ0) is 24.2. The number of nitriles is 1. The molecule has 9 nitrogen and oxygen atoms in total. The molecule has 2 rings (SSSR count). The average Bonchev–Trinajstić information content (AvgIpc) is 2.77. The molecular weight excluding hydrogens is 492 g/mol. The molecule has 0 bridgehead atoms. The lowest BCUT2D eigenvalue weighted by Gasteiger charge is -2.13. The molecule has 1 amide bonds. The van der Waals surface area contributed by atoms with E-state index in [0.717, 1.165) is 0 Å². The molecule has 0 unspecified atom stereocenters. The molecule has 1 heterocycles. The summed E-state index contributed by atoms with van der Waals surface area (Å²) >= 11 is 3.46. The number of amides is 1. The summed E-state index contributed by atoms with van der Waals surface area (Å²) < 4.78 is 22.5. The number of carbonyl (C=O) groups excluding carboxylic acids is 1. The maximum absolute atomic E-state index is 12.2. The molecule has 0 aliphatic rings. The number of halogens is 1. The Morgan fingerprint density at radius 1 is 1.33 bits per heavy atom. The van der Waals surface area contributed by atoms with Crippen LogP contribution in [0.15, 0.2) is 40.4 Å². The number of aromatic nitrogens is 1. The first-order valence-electron chi connectivity index (χ1n) is 9.97. The van der Waals surface area contributed by atoms with Crippen LogP contribution in [-0.4, -0.2) is 44.0 Å². The Bertz CT molecular complexity index is 1070. The third-order valence-corrected chi connectivity index (χ3v) is 4.62. The molecule has 10 heteroatoms. The summed E-state index contributed by atoms with van der Waals surface area (Å²) in [6.45, 7) is 7.92. The number of rotatable bonds is 12. The lowest BCUT2D eigenvalue weighted by molar-refractivity contribution is -0.123. The Balaban J connectivity index is 2.05. The van der Waals surface area contributed by atoms with E-state index >= 15 is 0 Å². The molecule has 2 aromatic rings. The molecule has 1 aromatic heterocycles. The molecule has 0 saturated carbocycles. The first-order valence-corrected chi connectivity index (χ1v) is 10.8. The zero-order valence-electron chi connectivity index (χ0n) is 18.7. The van der Waals surface area contributed by atoms with E-state index in [2.05, 4.69) is 38.0 Å². The number of pyridine rings is 1. The van der Waals surface area contributed by atoms with Crippen molar-refractivity contribution in [3.05, 3.63) is 57.7 Å². The van der Waals surface area contributed by atoms with Crippen molar-refractivity contribution in [2.75, 3.05) is 26.9 Å². The van der Waals surface area contributed by atoms with Crippen LogP contribution in [0.25, 0.3) is 0 Å². The third kappa shape index (κ3) is 7.59. The Hall–Kier alpha value is -3.42. The summed E-state index contributed by atoms with van der Waals surface area (Å²) in [5.74, 6) is 0.648. The first kappa shape index (κ1) is 25.8. The minimum absolute atomic E-state index is 0.0732. The van der Waals surface area contributed by atoms with Crippen molar-refractivity contribution >= 4 is 28.1 Å². The van der Waals surface area contributed by atoms with Crippen LogP contribution < -0.4 is 19.6 Å². The second-order valence-electron chi connectivity index (χ2n) is 6.59. The molecular formula is C23H25BrN4O5. The fraction of sp³-hybridized carbons (Fsp3) is 0.304. The third-order valence-electron chi connectivity index (χ3n) is 4.03. The van der Waals surface area contributed by atoms with Gasteiger partial charge in [-0.3, -0.25) is 4.79 Å². The van der Waals surface area contributed by atoms with Gasteiger partial charge in [0.15, 0.2) is 18.1 Å². The number of nitrogens with one attached hydrogen (secondary N) is 1. The van der Waals surface area contributed by atoms with Gasteiger partial charge in [0.2, 0.25) is 5.88 Å². The van der Waals surface area contributed by atoms with Gasteiger partial charge in [-0.2, -0.15) is 10.4 Å². The van der Waals surface area contributed by atoms with Crippen LogP contribution in [-0.2, 0) is 16.1 Å². The summed E-state index contributed by atoms with van der Waals surface area (Å²) in [5.41, 5.74) is 4.57. The van der Waals surface area contributed by atoms with E-state index in [1.807, 2.05) is 13.0 Å². The molecule has 0 spiro atoms. The smallest absolute Gasteiger partial charge is 0.278 e. The lowest BCUT2D eigenvalue weighted by Crippen LogP contribution is -2.25. The quantitative estimate of drug-likeness (QED) is 0.260. The van der Waals surface area contributed by atoms with E-state index in [-0.39, 0.29) is 24.7 Å². The van der Waals surface area contributed by atoms with Crippen LogP contribution in [0.3, 0.4) is 0 Å². The molecule has 1 N–H and O–H groups in total. The number of ether oxygens (including phenoxy) is 4. The summed E-state index contributed by atoms with van der Waals surface area (Å²) in [6.07, 6.45) is 3.10. The van der Waals surface area contributed by atoms with Crippen molar-refractivity contribution in [3.8, 4) is 23.4 Å². The maximum atomic E-state index is 12.2. The van der Waals surface area contributed by atoms with E-state index in [0.29, 0.717) is 46.0 Å². The number of aryl methyl sites for hydroxylation is 1. The molecule has 0 fully saturated rings. The standard InChI is InChI=1S/C23H25BrN4O5/c1-5-7-32-22-19(24)9-16(10-20(22)31-6-2)12-26-28-21(29)14-33-23-18(11-25)17(13-30-4)8-15(3)27-23/h5,8-10,12H,1,6-7,13-14H2,2-4H3,(H,28,29)/b26-12-. The van der Waals surface area contributed by atoms with E-state index in [1.54, 1.807) is 31.2 Å². The molecule has 0 radical (unpaired) electrons. The van der Waals surface area contributed by atoms with Crippen molar-refractivity contribution in [2.24, 2.45) is 5.10 Å². The van der Waals surface area contributed by atoms with Gasteiger partial charge in [0, 0.05) is 18.4 Å². The normalized spacial score (nSPS) is 10.5. The number of nitrogens with zero attached hydrogens (tertiary/aromatic N) is 3. The Kier molecular flexibility index (Phi) is 10.3. The highest BCUT2D eigenvalue weighted by atomic mass is 79.9. The van der Waals surface area contributed by atoms with Gasteiger partial charge < -0.3 is 18.9 Å². The minimum atomic E-state index is -0.512. The Morgan fingerprint density at radius 3 is 2.79 bits per heavy atom. The molecule has 0 saturated heterocycles. The van der Waals surface area contributed by atoms with Crippen molar-refractivity contribution in [1.29, 1.82) is 5.26 Å². The van der Waals surface area contributed by atoms with Gasteiger partial charge in [-0.1, -0.05) is 12.7 Å². The van der Waals surface area contributed by atoms with Crippen LogP contribution in [0.2, 0.25) is 0 Å². The van der Waals surface area contributed by atoms with Crippen LogP contribution in [0.1, 0.15) is 29.3 Å². The SMILES string of the molecule is C=CCOc1c(Br)cc(/C=N\NC(=O)COc2nc(C)cc(COC)c2C#N)cc1OCC. The number of benzene rings is 1. The fourth-order valence-corrected chi connectivity index (χ4v) is 3.33. The summed E-state index contributed by atoms with van der Waals surface area (Å²) in [6, 6.07) is 7.30. The molecule has 0 atom stereocenters. The second-order valence-corrected chi connectivity index (χ2v) is 7.45. The summed E-state index contributed by atoms with van der Waals surface area (Å²) in [7, 11) is 1.53. The highest BCUT2D eigenvalue weighted by molar-refractivity contribution is 9.10. The van der Waals surface area contributed by atoms with Gasteiger partial charge in [0.05, 0.1) is 23.9 Å². The summed E-state index contributed by atoms with van der Waals surface area (Å²) in [5, 5.41) is 13.4. The summed E-state index contributed by atoms with van der Waals surface area (Å²) in [4.78, 5) is 16.4. The molecule has 33 heavy (non-hydrogen) atoms. The zero-order valence-corrected chi connectivity index (χ0v) is 20.3. The largest absolute Gasteiger partial charge is 0.490 e. The monoisotopic (exact) mass is 516 g/mol. The number of methoxy groups -OCH3 is 1. The predicted molar refractivity (Wildman–Crippen MR) is 127 cm³/mol. The number of hydrazone groups is 1. The molecule has 0 aliphatic carbocycles. The second kappa shape index (κ2) is 13.2. The van der Waals surface area contributed by atoms with Gasteiger partial charge >= 0.3 is 0 Å². The average molecular weight is 517 g/mol. The molecule has 1 aromatic carbocycles. The van der Waals surface area contributed by atoms with Crippen LogP contribution >= 0.6 is 15.9 Å². The van der Waals surface area contributed by atoms with Gasteiger partial charge in [0.25, 0.3) is 5.91 Å². The number of hydrogen-bond acceptors (Lipinski definition) is 8. The fourth-order valence-electron chi connectivity index (χ4n) is 2.76. The minimum Gasteiger partial charge on any atom is -0.490 e. The van der Waals surface area contributed by atoms with Crippen molar-refractivity contribution in [2.45, 2.75) is 20.5 Å². The topological polar surface area (TPSA) is 115 Å². The van der Waals surface area contributed by atoms with E-state index in [9.17, 15) is 10.1 Å². The Morgan fingerprint density at radius 2 is 2.12 bits per heavy atom. The van der Waals surface area contributed by atoms with Gasteiger partial charge in [-0.25, -0.2) is 10.4 Å². The molecule has 174 valence electrons. The van der Waals surface area contributed by atoms with E-state index < -0.39 is 5.91 Å². The highest BCUT2D eigenvalue weighted by Gasteiger charge is 2.14. The van der Waals surface area contributed by atoms with Crippen molar-refractivity contribution in [3.63, 3.8) is 0 Å². The molecule has 0 aliphatic heterocycles. The Labute approximate surface area is 201 Å². The maximum Gasteiger partial charge on any atom is 0.278 e. The van der Waals surface area contributed by atoms with Gasteiger partial charge in [0.1, 0.15) is 18.2 Å². The number of carbonyl (C=O) groups is 1. The lowest BCUT2D eigenvalue weighted by atomic mass is 10.1. The van der Waals surface area contributed by atoms with Gasteiger partial charge in [-0.15, -0.1) is 0 Å². The van der Waals surface area contributed by atoms with Crippen LogP contribution in [0, 0.1) is 18.3 Å². The highest BCUT2D eigenvalue weighted by Crippen LogP contribution is 2.36.